The lowest BCUT2D eigenvalue weighted by molar-refractivity contribution is -0.120. The highest BCUT2D eigenvalue weighted by atomic mass is 32.1. The van der Waals surface area contributed by atoms with Gasteiger partial charge in [0.25, 0.3) is 0 Å². The third-order valence-corrected chi connectivity index (χ3v) is 9.13. The van der Waals surface area contributed by atoms with Crippen LogP contribution >= 0.6 is 11.3 Å². The minimum atomic E-state index is -0.0204. The van der Waals surface area contributed by atoms with E-state index < -0.39 is 0 Å². The van der Waals surface area contributed by atoms with E-state index in [4.69, 9.17) is 4.98 Å². The number of hydrogen-bond donors (Lipinski definition) is 2. The number of fused-ring (bicyclic) bond motifs is 3. The lowest BCUT2D eigenvalue weighted by Gasteiger charge is -2.34. The van der Waals surface area contributed by atoms with Crippen molar-refractivity contribution in [1.82, 2.24) is 20.2 Å². The van der Waals surface area contributed by atoms with Gasteiger partial charge in [0.2, 0.25) is 5.91 Å². The lowest BCUT2D eigenvalue weighted by Crippen LogP contribution is -2.46. The van der Waals surface area contributed by atoms with Crippen LogP contribution in [0.15, 0.2) is 41.7 Å². The molecular weight excluding hydrogens is 506 g/mol. The zero-order valence-electron chi connectivity index (χ0n) is 21.9. The molecule has 198 valence electrons. The molecule has 6 rings (SSSR count). The van der Waals surface area contributed by atoms with Gasteiger partial charge in [-0.1, -0.05) is 0 Å². The second-order valence-electron chi connectivity index (χ2n) is 10.5. The molecule has 3 aromatic rings. The van der Waals surface area contributed by atoms with Gasteiger partial charge in [0, 0.05) is 71.4 Å². The van der Waals surface area contributed by atoms with Gasteiger partial charge in [0.15, 0.2) is 5.13 Å². The lowest BCUT2D eigenvalue weighted by atomic mass is 9.94. The van der Waals surface area contributed by atoms with Gasteiger partial charge in [0.1, 0.15) is 0 Å². The predicted molar refractivity (Wildman–Crippen MR) is 153 cm³/mol. The Morgan fingerprint density at radius 2 is 1.90 bits per heavy atom. The van der Waals surface area contributed by atoms with E-state index in [-0.39, 0.29) is 5.91 Å². The smallest absolute Gasteiger partial charge is 0.224 e. The highest BCUT2D eigenvalue weighted by Gasteiger charge is 2.28. The van der Waals surface area contributed by atoms with E-state index in [1.165, 1.54) is 10.4 Å². The number of H-pyrrole nitrogens is 1. The topological polar surface area (TPSA) is 112 Å². The highest BCUT2D eigenvalue weighted by Crippen LogP contribution is 2.39. The number of aromatic nitrogens is 2. The Labute approximate surface area is 232 Å². The summed E-state index contributed by atoms with van der Waals surface area (Å²) in [5, 5.41) is 24.0. The molecule has 0 atom stereocenters. The van der Waals surface area contributed by atoms with Crippen molar-refractivity contribution >= 4 is 38.9 Å². The van der Waals surface area contributed by atoms with E-state index >= 15 is 0 Å². The van der Waals surface area contributed by atoms with E-state index in [0.717, 1.165) is 97.8 Å². The molecule has 1 aromatic carbocycles. The Bertz CT molecular complexity index is 1560. The first kappa shape index (κ1) is 25.4. The molecule has 0 radical (unpaired) electrons. The molecule has 0 saturated carbocycles. The van der Waals surface area contributed by atoms with Crippen LogP contribution in [0.1, 0.15) is 53.8 Å². The maximum Gasteiger partial charge on any atom is 0.224 e. The molecular formula is C30H31N7OS. The highest BCUT2D eigenvalue weighted by molar-refractivity contribution is 7.15. The number of aromatic amines is 1. The van der Waals surface area contributed by atoms with Crippen LogP contribution < -0.4 is 10.2 Å². The molecule has 3 aliphatic rings. The van der Waals surface area contributed by atoms with Crippen molar-refractivity contribution in [3.63, 3.8) is 0 Å². The molecule has 1 aliphatic carbocycles. The number of carbonyl (C=O) groups excluding carboxylic acids is 1. The summed E-state index contributed by atoms with van der Waals surface area (Å²) in [5.41, 5.74) is 6.49. The number of thiazole rings is 1. The van der Waals surface area contributed by atoms with Gasteiger partial charge in [0.05, 0.1) is 23.4 Å². The molecule has 2 N–H and O–H groups in total. The molecule has 1 fully saturated rings. The van der Waals surface area contributed by atoms with Crippen molar-refractivity contribution in [2.24, 2.45) is 0 Å². The molecule has 1 amide bonds. The fourth-order valence-corrected chi connectivity index (χ4v) is 6.86. The van der Waals surface area contributed by atoms with E-state index in [9.17, 15) is 15.3 Å². The van der Waals surface area contributed by atoms with Gasteiger partial charge < -0.3 is 15.2 Å². The van der Waals surface area contributed by atoms with Crippen LogP contribution in [-0.4, -0.2) is 53.5 Å². The van der Waals surface area contributed by atoms with E-state index in [0.29, 0.717) is 24.0 Å². The number of nitrogens with zero attached hydrogens (tertiary/aromatic N) is 5. The maximum absolute atomic E-state index is 12.3. The van der Waals surface area contributed by atoms with Crippen LogP contribution in [0.5, 0.6) is 0 Å². The number of piperazine rings is 1. The fourth-order valence-electron chi connectivity index (χ4n) is 5.74. The largest absolute Gasteiger partial charge is 0.361 e. The Morgan fingerprint density at radius 3 is 2.72 bits per heavy atom. The molecule has 4 heterocycles. The Kier molecular flexibility index (Phi) is 7.19. The van der Waals surface area contributed by atoms with Gasteiger partial charge in [-0.05, 0) is 74.9 Å². The zero-order valence-corrected chi connectivity index (χ0v) is 22.7. The van der Waals surface area contributed by atoms with Crippen LogP contribution in [0.2, 0.25) is 0 Å². The summed E-state index contributed by atoms with van der Waals surface area (Å²) in [4.78, 5) is 26.8. The average molecular weight is 538 g/mol. The number of allylic oxidation sites excluding steroid dienone is 4. The number of aryl methyl sites for hydroxylation is 2. The van der Waals surface area contributed by atoms with Crippen molar-refractivity contribution in [1.29, 1.82) is 10.5 Å². The zero-order chi connectivity index (χ0) is 26.8. The first-order valence-corrected chi connectivity index (χ1v) is 14.5. The number of nitrogens with one attached hydrogen (secondary N) is 2. The number of benzene rings is 1. The molecule has 0 spiro atoms. The minimum absolute atomic E-state index is 0.0204. The number of rotatable bonds is 6. The Balaban J connectivity index is 1.04. The van der Waals surface area contributed by atoms with E-state index in [2.05, 4.69) is 38.4 Å². The van der Waals surface area contributed by atoms with Crippen molar-refractivity contribution < 1.29 is 4.79 Å². The second kappa shape index (κ2) is 11.1. The molecule has 0 unspecified atom stereocenters. The molecule has 39 heavy (non-hydrogen) atoms. The average Bonchev–Trinajstić information content (AvgIpc) is 3.57. The molecule has 0 bridgehead atoms. The monoisotopic (exact) mass is 537 g/mol. The number of carbonyl (C=O) groups is 1. The SMILES string of the molecule is N#C/C1=C/C2=C(CCc3sc(N4CCN(CCCCc5c[nH]c6ccc(C#N)cc56)CC4)nc32)NC(=O)CC1. The van der Waals surface area contributed by atoms with Crippen LogP contribution in [0.3, 0.4) is 0 Å². The second-order valence-corrected chi connectivity index (χ2v) is 11.5. The van der Waals surface area contributed by atoms with Gasteiger partial charge in [-0.15, -0.1) is 11.3 Å². The third-order valence-electron chi connectivity index (χ3n) is 7.95. The van der Waals surface area contributed by atoms with Crippen LogP contribution in [0.4, 0.5) is 5.13 Å². The first-order chi connectivity index (χ1) is 19.1. The normalized spacial score (nSPS) is 19.3. The number of nitriles is 2. The van der Waals surface area contributed by atoms with E-state index in [1.54, 1.807) is 11.3 Å². The summed E-state index contributed by atoms with van der Waals surface area (Å²) in [7, 11) is 0. The third kappa shape index (κ3) is 5.34. The first-order valence-electron chi connectivity index (χ1n) is 13.7. The van der Waals surface area contributed by atoms with Gasteiger partial charge in [-0.3, -0.25) is 9.69 Å². The van der Waals surface area contributed by atoms with Crippen molar-refractivity contribution in [2.75, 3.05) is 37.6 Å². The van der Waals surface area contributed by atoms with Crippen LogP contribution in [0, 0.1) is 22.7 Å². The fraction of sp³-hybridized carbons (Fsp3) is 0.400. The summed E-state index contributed by atoms with van der Waals surface area (Å²) in [5.74, 6) is -0.0204. The summed E-state index contributed by atoms with van der Waals surface area (Å²) in [6, 6.07) is 10.3. The summed E-state index contributed by atoms with van der Waals surface area (Å²) in [6.45, 7) is 5.03. The number of hydrogen-bond acceptors (Lipinski definition) is 7. The summed E-state index contributed by atoms with van der Waals surface area (Å²) >= 11 is 1.76. The van der Waals surface area contributed by atoms with Gasteiger partial charge in [-0.25, -0.2) is 4.98 Å². The number of unbranched alkanes of at least 4 members (excludes halogenated alkanes) is 1. The molecule has 9 heteroatoms. The van der Waals surface area contributed by atoms with E-state index in [1.807, 2.05) is 24.3 Å². The van der Waals surface area contributed by atoms with Crippen molar-refractivity contribution in [3.8, 4) is 12.1 Å². The minimum Gasteiger partial charge on any atom is -0.361 e. The van der Waals surface area contributed by atoms with Crippen molar-refractivity contribution in [3.05, 3.63) is 63.4 Å². The molecule has 2 aliphatic heterocycles. The molecule has 1 saturated heterocycles. The van der Waals surface area contributed by atoms with Crippen molar-refractivity contribution in [2.45, 2.75) is 44.9 Å². The number of anilines is 1. The van der Waals surface area contributed by atoms with Crippen LogP contribution in [-0.2, 0) is 17.6 Å². The quantitative estimate of drug-likeness (QED) is 0.443. The van der Waals surface area contributed by atoms with Gasteiger partial charge >= 0.3 is 0 Å². The standard InChI is InChI=1S/C30H31N7OS/c31-17-20-4-6-25-23(15-20)22(19-33-25)3-1-2-10-36-11-13-37(14-12-36)30-35-29-24-16-21(18-32)5-9-28(38)34-26(24)7-8-27(29)39-30/h4,6,15-16,19,33H,1-3,5,7-14H2,(H,34,38)/b21-16+. The Hall–Kier alpha value is -3.92. The number of amides is 1. The summed E-state index contributed by atoms with van der Waals surface area (Å²) in [6.07, 6.45) is 9.76. The predicted octanol–water partition coefficient (Wildman–Crippen LogP) is 4.66. The molecule has 2 aromatic heterocycles. The Morgan fingerprint density at radius 1 is 1.03 bits per heavy atom. The van der Waals surface area contributed by atoms with Crippen LogP contribution in [0.25, 0.3) is 16.5 Å². The molecule has 8 nitrogen and oxygen atoms in total. The summed E-state index contributed by atoms with van der Waals surface area (Å²) < 4.78 is 0. The maximum atomic E-state index is 12.3. The van der Waals surface area contributed by atoms with Gasteiger partial charge in [-0.2, -0.15) is 10.5 Å².